The number of hydrogen-bond donors (Lipinski definition) is 2. The van der Waals surface area contributed by atoms with Crippen LogP contribution in [0.2, 0.25) is 0 Å². The van der Waals surface area contributed by atoms with Crippen molar-refractivity contribution in [1.82, 2.24) is 4.98 Å². The first kappa shape index (κ1) is 11.2. The van der Waals surface area contributed by atoms with Crippen molar-refractivity contribution in [3.05, 3.63) is 48.8 Å². The Labute approximate surface area is 77.4 Å². The zero-order valence-corrected chi connectivity index (χ0v) is 7.47. The molecule has 0 aromatic carbocycles. The van der Waals surface area contributed by atoms with Crippen molar-refractivity contribution in [2.45, 2.75) is 6.92 Å². The first-order valence-corrected chi connectivity index (χ1v) is 3.84. The average molecular weight is 179 g/mol. The van der Waals surface area contributed by atoms with Crippen LogP contribution in [-0.4, -0.2) is 16.1 Å². The van der Waals surface area contributed by atoms with Gasteiger partial charge in [0, 0.05) is 19.3 Å². The van der Waals surface area contributed by atoms with E-state index >= 15 is 0 Å². The summed E-state index contributed by atoms with van der Waals surface area (Å²) in [6.07, 6.45) is 3.75. The van der Waals surface area contributed by atoms with Crippen LogP contribution in [0.4, 0.5) is 0 Å². The van der Waals surface area contributed by atoms with Crippen molar-refractivity contribution >= 4 is 5.97 Å². The average Bonchev–Trinajstić information content (AvgIpc) is 2.16. The Kier molecular flexibility index (Phi) is 7.19. The number of H-pyrrole nitrogens is 1. The monoisotopic (exact) mass is 179 g/mol. The molecular weight excluding hydrogens is 166 g/mol. The third-order valence-electron chi connectivity index (χ3n) is 0.940. The zero-order valence-electron chi connectivity index (χ0n) is 7.47. The highest BCUT2D eigenvalue weighted by Gasteiger charge is 1.65. The van der Waals surface area contributed by atoms with Gasteiger partial charge in [-0.3, -0.25) is 4.79 Å². The number of aromatic nitrogens is 1. The maximum atomic E-state index is 9.00. The molecule has 0 amide bonds. The van der Waals surface area contributed by atoms with Crippen molar-refractivity contribution < 1.29 is 9.90 Å². The maximum Gasteiger partial charge on any atom is 0.300 e. The molecule has 0 aliphatic rings. The molecule has 0 unspecified atom stereocenters. The minimum absolute atomic E-state index is 0.833. The summed E-state index contributed by atoms with van der Waals surface area (Å²) in [4.78, 5) is 12.0. The molecule has 13 heavy (non-hydrogen) atoms. The summed E-state index contributed by atoms with van der Waals surface area (Å²) in [5.74, 6) is -0.833. The standard InChI is InChI=1S/C8H9N.C2H4O2/c1-2-4-6-8-9-7-5-3-1;1-2(3)4/h1-9H;1H3,(H,3,4). The zero-order chi connectivity index (χ0) is 9.94. The highest BCUT2D eigenvalue weighted by molar-refractivity contribution is 5.62. The van der Waals surface area contributed by atoms with Gasteiger partial charge in [0.05, 0.1) is 0 Å². The largest absolute Gasteiger partial charge is 0.481 e. The van der Waals surface area contributed by atoms with E-state index in [0.29, 0.717) is 0 Å². The Morgan fingerprint density at radius 2 is 1.31 bits per heavy atom. The minimum atomic E-state index is -0.833. The van der Waals surface area contributed by atoms with E-state index < -0.39 is 5.97 Å². The van der Waals surface area contributed by atoms with Gasteiger partial charge in [-0.05, 0) is 12.1 Å². The number of nitrogens with one attached hydrogen (secondary N) is 1. The van der Waals surface area contributed by atoms with E-state index in [-0.39, 0.29) is 0 Å². The Morgan fingerprint density at radius 1 is 1.00 bits per heavy atom. The highest BCUT2D eigenvalue weighted by atomic mass is 16.4. The predicted molar refractivity (Wildman–Crippen MR) is 51.7 cm³/mol. The van der Waals surface area contributed by atoms with Crippen LogP contribution in [-0.2, 0) is 4.79 Å². The topological polar surface area (TPSA) is 53.1 Å². The molecule has 3 heteroatoms. The van der Waals surface area contributed by atoms with Crippen molar-refractivity contribution in [1.29, 1.82) is 0 Å². The second kappa shape index (κ2) is 8.33. The Hall–Kier alpha value is -1.77. The Bertz CT molecular complexity index is 201. The van der Waals surface area contributed by atoms with Gasteiger partial charge in [0.15, 0.2) is 0 Å². The van der Waals surface area contributed by atoms with E-state index in [1.54, 1.807) is 0 Å². The summed E-state index contributed by atoms with van der Waals surface area (Å²) in [6, 6.07) is 11.8. The third kappa shape index (κ3) is 13.3. The van der Waals surface area contributed by atoms with Crippen LogP contribution in [0, 0.1) is 0 Å². The van der Waals surface area contributed by atoms with Gasteiger partial charge in [-0.25, -0.2) is 0 Å². The smallest absolute Gasteiger partial charge is 0.300 e. The number of carbonyl (C=O) groups is 1. The molecule has 0 saturated carbocycles. The Morgan fingerprint density at radius 3 is 1.69 bits per heavy atom. The predicted octanol–water partition coefficient (Wildman–Crippen LogP) is 2.23. The molecule has 0 bridgehead atoms. The van der Waals surface area contributed by atoms with Crippen LogP contribution >= 0.6 is 0 Å². The number of aromatic amines is 1. The van der Waals surface area contributed by atoms with Crippen LogP contribution in [0.5, 0.6) is 0 Å². The fraction of sp³-hybridized carbons (Fsp3) is 0.100. The van der Waals surface area contributed by atoms with E-state index in [1.165, 1.54) is 0 Å². The highest BCUT2D eigenvalue weighted by Crippen LogP contribution is 1.76. The molecule has 0 spiro atoms. The summed E-state index contributed by atoms with van der Waals surface area (Å²) >= 11 is 0. The molecule has 1 aromatic heterocycles. The molecule has 0 aliphatic carbocycles. The van der Waals surface area contributed by atoms with Crippen LogP contribution < -0.4 is 0 Å². The van der Waals surface area contributed by atoms with Gasteiger partial charge >= 0.3 is 0 Å². The van der Waals surface area contributed by atoms with Gasteiger partial charge < -0.3 is 10.1 Å². The fourth-order valence-corrected chi connectivity index (χ4v) is 0.534. The number of rotatable bonds is 0. The molecule has 0 radical (unpaired) electrons. The number of carboxylic acid groups (broad SMARTS) is 1. The van der Waals surface area contributed by atoms with Gasteiger partial charge in [0.1, 0.15) is 0 Å². The molecule has 2 N–H and O–H groups in total. The number of aliphatic carboxylic acids is 1. The normalized spacial score (nSPS) is 7.46. The lowest BCUT2D eigenvalue weighted by atomic mass is 10.5. The van der Waals surface area contributed by atoms with Crippen molar-refractivity contribution in [2.75, 3.05) is 0 Å². The Balaban J connectivity index is 0.000000310. The van der Waals surface area contributed by atoms with Gasteiger partial charge in [-0.1, -0.05) is 24.3 Å². The fourth-order valence-electron chi connectivity index (χ4n) is 0.534. The lowest BCUT2D eigenvalue weighted by Crippen LogP contribution is -1.78. The minimum Gasteiger partial charge on any atom is -0.481 e. The molecule has 0 atom stereocenters. The molecule has 0 aliphatic heterocycles. The summed E-state index contributed by atoms with van der Waals surface area (Å²) < 4.78 is 0. The van der Waals surface area contributed by atoms with E-state index in [0.717, 1.165) is 6.92 Å². The summed E-state index contributed by atoms with van der Waals surface area (Å²) in [6.45, 7) is 1.08. The first-order chi connectivity index (χ1) is 6.23. The molecule has 3 nitrogen and oxygen atoms in total. The third-order valence-corrected chi connectivity index (χ3v) is 0.940. The van der Waals surface area contributed by atoms with Crippen molar-refractivity contribution in [2.24, 2.45) is 0 Å². The summed E-state index contributed by atoms with van der Waals surface area (Å²) in [7, 11) is 0. The molecular formula is C10H13NO2. The van der Waals surface area contributed by atoms with Crippen LogP contribution in [0.3, 0.4) is 0 Å². The molecule has 0 saturated heterocycles. The quantitative estimate of drug-likeness (QED) is 0.641. The maximum absolute atomic E-state index is 9.00. The van der Waals surface area contributed by atoms with Gasteiger partial charge in [-0.2, -0.15) is 0 Å². The van der Waals surface area contributed by atoms with Crippen LogP contribution in [0.15, 0.2) is 48.8 Å². The van der Waals surface area contributed by atoms with E-state index in [1.807, 2.05) is 48.8 Å². The van der Waals surface area contributed by atoms with Crippen LogP contribution in [0.1, 0.15) is 6.92 Å². The van der Waals surface area contributed by atoms with Crippen LogP contribution in [0.25, 0.3) is 0 Å². The summed E-state index contributed by atoms with van der Waals surface area (Å²) in [5, 5.41) is 7.42. The molecule has 0 fully saturated rings. The molecule has 1 heterocycles. The lowest BCUT2D eigenvalue weighted by molar-refractivity contribution is -0.134. The van der Waals surface area contributed by atoms with Crippen molar-refractivity contribution in [3.63, 3.8) is 0 Å². The lowest BCUT2D eigenvalue weighted by Gasteiger charge is -1.65. The molecule has 1 aromatic rings. The molecule has 1 rings (SSSR count). The van der Waals surface area contributed by atoms with E-state index in [9.17, 15) is 0 Å². The summed E-state index contributed by atoms with van der Waals surface area (Å²) in [5.41, 5.74) is 0. The van der Waals surface area contributed by atoms with E-state index in [4.69, 9.17) is 9.90 Å². The van der Waals surface area contributed by atoms with Gasteiger partial charge in [0.2, 0.25) is 0 Å². The number of carboxylic acids is 1. The second-order valence-corrected chi connectivity index (χ2v) is 2.17. The van der Waals surface area contributed by atoms with Gasteiger partial charge in [0.25, 0.3) is 5.97 Å². The first-order valence-electron chi connectivity index (χ1n) is 3.84. The van der Waals surface area contributed by atoms with E-state index in [2.05, 4.69) is 4.98 Å². The van der Waals surface area contributed by atoms with Crippen molar-refractivity contribution in [3.8, 4) is 0 Å². The SMILES string of the molecule is CC(=O)O.c1cccc[nH]ccc1. The number of hydrogen-bond acceptors (Lipinski definition) is 1. The van der Waals surface area contributed by atoms with Gasteiger partial charge in [-0.15, -0.1) is 0 Å². The second-order valence-electron chi connectivity index (χ2n) is 2.17. The molecule has 70 valence electrons.